The molecule has 0 aliphatic carbocycles. The minimum absolute atomic E-state index is 0.625. The van der Waals surface area contributed by atoms with Crippen LogP contribution >= 0.6 is 0 Å². The molecule has 3 nitrogen and oxygen atoms in total. The van der Waals surface area contributed by atoms with Crippen molar-refractivity contribution in [2.45, 2.75) is 25.6 Å². The highest BCUT2D eigenvalue weighted by atomic mass is 16.3. The van der Waals surface area contributed by atoms with E-state index >= 15 is 0 Å². The first-order chi connectivity index (χ1) is 5.55. The molecule has 2 atom stereocenters. The third kappa shape index (κ3) is 1.62. The van der Waals surface area contributed by atoms with Crippen molar-refractivity contribution in [3.8, 4) is 0 Å². The molecule has 0 spiro atoms. The highest BCUT2D eigenvalue weighted by molar-refractivity contribution is 5.18. The lowest BCUT2D eigenvalue weighted by molar-refractivity contribution is -0.0572. The van der Waals surface area contributed by atoms with Gasteiger partial charge in [-0.3, -0.25) is 4.98 Å². The standard InChI is InChI=1S/C9H13NO2/c1-7(11)9(2,12)8-4-3-5-10-6-8/h3-7,11-12H,1-2H3. The maximum atomic E-state index is 9.77. The van der Waals surface area contributed by atoms with Crippen molar-refractivity contribution in [3.63, 3.8) is 0 Å². The molecular weight excluding hydrogens is 154 g/mol. The van der Waals surface area contributed by atoms with Gasteiger partial charge in [-0.2, -0.15) is 0 Å². The minimum atomic E-state index is -1.21. The average Bonchev–Trinajstić information content (AvgIpc) is 2.06. The van der Waals surface area contributed by atoms with Crippen molar-refractivity contribution < 1.29 is 10.2 Å². The van der Waals surface area contributed by atoms with Gasteiger partial charge in [-0.15, -0.1) is 0 Å². The second-order valence-corrected chi connectivity index (χ2v) is 3.07. The average molecular weight is 167 g/mol. The number of hydrogen-bond acceptors (Lipinski definition) is 3. The normalized spacial score (nSPS) is 18.3. The maximum absolute atomic E-state index is 9.77. The predicted octanol–water partition coefficient (Wildman–Crippen LogP) is 0.670. The molecule has 1 aromatic heterocycles. The van der Waals surface area contributed by atoms with Gasteiger partial charge in [-0.1, -0.05) is 6.07 Å². The number of rotatable bonds is 2. The number of aromatic nitrogens is 1. The maximum Gasteiger partial charge on any atom is 0.114 e. The van der Waals surface area contributed by atoms with Gasteiger partial charge in [0.05, 0.1) is 6.10 Å². The summed E-state index contributed by atoms with van der Waals surface area (Å²) in [6, 6.07) is 3.46. The van der Waals surface area contributed by atoms with Gasteiger partial charge in [0.25, 0.3) is 0 Å². The number of aliphatic hydroxyl groups is 2. The number of pyridine rings is 1. The highest BCUT2D eigenvalue weighted by Gasteiger charge is 2.28. The number of aliphatic hydroxyl groups excluding tert-OH is 1. The molecule has 2 N–H and O–H groups in total. The van der Waals surface area contributed by atoms with Crippen molar-refractivity contribution in [1.82, 2.24) is 4.98 Å². The summed E-state index contributed by atoms with van der Waals surface area (Å²) in [6.07, 6.45) is 2.37. The van der Waals surface area contributed by atoms with Crippen LogP contribution in [0.5, 0.6) is 0 Å². The molecular formula is C9H13NO2. The molecule has 0 aromatic carbocycles. The van der Waals surface area contributed by atoms with Crippen LogP contribution < -0.4 is 0 Å². The molecule has 66 valence electrons. The summed E-state index contributed by atoms with van der Waals surface area (Å²) in [5.41, 5.74) is -0.589. The van der Waals surface area contributed by atoms with Crippen LogP contribution in [0, 0.1) is 0 Å². The van der Waals surface area contributed by atoms with Crippen molar-refractivity contribution in [2.75, 3.05) is 0 Å². The van der Waals surface area contributed by atoms with Gasteiger partial charge in [-0.05, 0) is 19.9 Å². The molecule has 1 heterocycles. The fraction of sp³-hybridized carbons (Fsp3) is 0.444. The number of hydrogen-bond donors (Lipinski definition) is 2. The molecule has 1 rings (SSSR count). The summed E-state index contributed by atoms with van der Waals surface area (Å²) in [5.74, 6) is 0. The second-order valence-electron chi connectivity index (χ2n) is 3.07. The lowest BCUT2D eigenvalue weighted by Gasteiger charge is -2.26. The summed E-state index contributed by atoms with van der Waals surface area (Å²) >= 11 is 0. The number of nitrogens with zero attached hydrogens (tertiary/aromatic N) is 1. The van der Waals surface area contributed by atoms with Crippen molar-refractivity contribution in [1.29, 1.82) is 0 Å². The Morgan fingerprint density at radius 2 is 2.25 bits per heavy atom. The third-order valence-corrected chi connectivity index (χ3v) is 2.06. The Labute approximate surface area is 71.7 Å². The summed E-state index contributed by atoms with van der Waals surface area (Å²) in [4.78, 5) is 3.86. The van der Waals surface area contributed by atoms with E-state index in [1.54, 1.807) is 38.4 Å². The molecule has 0 saturated heterocycles. The summed E-state index contributed by atoms with van der Waals surface area (Å²) < 4.78 is 0. The topological polar surface area (TPSA) is 53.4 Å². The van der Waals surface area contributed by atoms with E-state index in [-0.39, 0.29) is 0 Å². The molecule has 1 aromatic rings. The van der Waals surface area contributed by atoms with E-state index in [1.165, 1.54) is 0 Å². The lowest BCUT2D eigenvalue weighted by Crippen LogP contribution is -2.34. The van der Waals surface area contributed by atoms with E-state index in [2.05, 4.69) is 4.98 Å². The predicted molar refractivity (Wildman–Crippen MR) is 45.5 cm³/mol. The molecule has 0 radical (unpaired) electrons. The van der Waals surface area contributed by atoms with E-state index in [1.807, 2.05) is 0 Å². The first kappa shape index (κ1) is 9.16. The Balaban J connectivity index is 2.98. The fourth-order valence-electron chi connectivity index (χ4n) is 0.903. The Hall–Kier alpha value is -0.930. The smallest absolute Gasteiger partial charge is 0.114 e. The van der Waals surface area contributed by atoms with Crippen molar-refractivity contribution in [2.24, 2.45) is 0 Å². The zero-order chi connectivity index (χ0) is 9.19. The van der Waals surface area contributed by atoms with Crippen LogP contribution in [0.4, 0.5) is 0 Å². The van der Waals surface area contributed by atoms with E-state index in [0.717, 1.165) is 0 Å². The van der Waals surface area contributed by atoms with Crippen molar-refractivity contribution >= 4 is 0 Å². The van der Waals surface area contributed by atoms with Crippen LogP contribution in [0.25, 0.3) is 0 Å². The zero-order valence-corrected chi connectivity index (χ0v) is 7.23. The SMILES string of the molecule is CC(O)C(C)(O)c1cccnc1. The lowest BCUT2D eigenvalue weighted by atomic mass is 9.93. The second kappa shape index (κ2) is 3.21. The Kier molecular flexibility index (Phi) is 2.45. The van der Waals surface area contributed by atoms with E-state index < -0.39 is 11.7 Å². The van der Waals surface area contributed by atoms with Crippen molar-refractivity contribution in [3.05, 3.63) is 30.1 Å². The van der Waals surface area contributed by atoms with Crippen LogP contribution in [0.1, 0.15) is 19.4 Å². The highest BCUT2D eigenvalue weighted by Crippen LogP contribution is 2.22. The van der Waals surface area contributed by atoms with Gasteiger partial charge in [0.1, 0.15) is 5.60 Å². The zero-order valence-electron chi connectivity index (χ0n) is 7.23. The molecule has 0 aliphatic heterocycles. The minimum Gasteiger partial charge on any atom is -0.390 e. The van der Waals surface area contributed by atoms with Gasteiger partial charge in [0.2, 0.25) is 0 Å². The summed E-state index contributed by atoms with van der Waals surface area (Å²) in [6.45, 7) is 3.11. The Morgan fingerprint density at radius 1 is 1.58 bits per heavy atom. The monoisotopic (exact) mass is 167 g/mol. The molecule has 12 heavy (non-hydrogen) atoms. The van der Waals surface area contributed by atoms with Crippen LogP contribution in [0.3, 0.4) is 0 Å². The molecule has 3 heteroatoms. The molecule has 0 aliphatic rings. The molecule has 0 amide bonds. The van der Waals surface area contributed by atoms with Gasteiger partial charge in [0, 0.05) is 18.0 Å². The van der Waals surface area contributed by atoms with Crippen LogP contribution in [0.2, 0.25) is 0 Å². The first-order valence-corrected chi connectivity index (χ1v) is 3.86. The Bertz CT molecular complexity index is 244. The van der Waals surface area contributed by atoms with E-state index in [4.69, 9.17) is 0 Å². The van der Waals surface area contributed by atoms with Gasteiger partial charge in [-0.25, -0.2) is 0 Å². The molecule has 2 unspecified atom stereocenters. The van der Waals surface area contributed by atoms with Crippen LogP contribution in [-0.2, 0) is 5.60 Å². The van der Waals surface area contributed by atoms with Gasteiger partial charge < -0.3 is 10.2 Å². The Morgan fingerprint density at radius 3 is 2.67 bits per heavy atom. The third-order valence-electron chi connectivity index (χ3n) is 2.06. The summed E-state index contributed by atoms with van der Waals surface area (Å²) in [7, 11) is 0. The van der Waals surface area contributed by atoms with Gasteiger partial charge >= 0.3 is 0 Å². The van der Waals surface area contributed by atoms with Gasteiger partial charge in [0.15, 0.2) is 0 Å². The molecule has 0 saturated carbocycles. The van der Waals surface area contributed by atoms with E-state index in [9.17, 15) is 10.2 Å². The van der Waals surface area contributed by atoms with E-state index in [0.29, 0.717) is 5.56 Å². The molecule has 0 fully saturated rings. The molecule has 0 bridgehead atoms. The quantitative estimate of drug-likeness (QED) is 0.680. The fourth-order valence-corrected chi connectivity index (χ4v) is 0.903. The van der Waals surface area contributed by atoms with Crippen LogP contribution in [0.15, 0.2) is 24.5 Å². The largest absolute Gasteiger partial charge is 0.390 e. The first-order valence-electron chi connectivity index (χ1n) is 3.86. The van der Waals surface area contributed by atoms with Crippen LogP contribution in [-0.4, -0.2) is 21.3 Å². The summed E-state index contributed by atoms with van der Waals surface area (Å²) in [5, 5.41) is 19.0.